The third-order valence-electron chi connectivity index (χ3n) is 1.08. The summed E-state index contributed by atoms with van der Waals surface area (Å²) in [6.07, 6.45) is 0. The minimum absolute atomic E-state index is 0.456. The van der Waals surface area contributed by atoms with Crippen molar-refractivity contribution in [2.45, 2.75) is 10.3 Å². The Balaban J connectivity index is 2.69. The van der Waals surface area contributed by atoms with E-state index in [1.54, 1.807) is 17.7 Å². The fraction of sp³-hybridized carbons (Fsp3) is 0.400. The van der Waals surface area contributed by atoms with Crippen LogP contribution in [0.5, 0.6) is 0 Å². The van der Waals surface area contributed by atoms with Gasteiger partial charge in [0.05, 0.1) is 0 Å². The first-order valence-electron chi connectivity index (χ1n) is 2.57. The molecule has 0 saturated heterocycles. The second kappa shape index (κ2) is 3.10. The van der Waals surface area contributed by atoms with Crippen molar-refractivity contribution in [3.63, 3.8) is 0 Å². The Labute approximate surface area is 73.9 Å². The fourth-order valence-electron chi connectivity index (χ4n) is 0.635. The molecule has 1 heterocycles. The minimum atomic E-state index is 0.456. The van der Waals surface area contributed by atoms with Crippen LogP contribution in [-0.4, -0.2) is 16.8 Å². The van der Waals surface area contributed by atoms with Crippen molar-refractivity contribution in [3.8, 4) is 0 Å². The van der Waals surface area contributed by atoms with Crippen LogP contribution >= 0.6 is 34.4 Å². The normalized spacial score (nSPS) is 26.1. The van der Waals surface area contributed by atoms with Crippen molar-refractivity contribution < 1.29 is 0 Å². The standard InChI is InChI=1S/C5H6BINS/c1-3-4(2-6)9-5(7)8-3/h2,5,8H,1H3. The van der Waals surface area contributed by atoms with E-state index in [0.717, 1.165) is 4.91 Å². The summed E-state index contributed by atoms with van der Waals surface area (Å²) in [7, 11) is 5.34. The van der Waals surface area contributed by atoms with E-state index in [2.05, 4.69) is 27.9 Å². The van der Waals surface area contributed by atoms with Gasteiger partial charge in [-0.3, -0.25) is 0 Å². The summed E-state index contributed by atoms with van der Waals surface area (Å²) in [6.45, 7) is 2.03. The molecule has 1 nitrogen and oxygen atoms in total. The molecule has 4 heteroatoms. The molecule has 0 bridgehead atoms. The molecule has 1 aliphatic rings. The van der Waals surface area contributed by atoms with Gasteiger partial charge in [-0.2, -0.15) is 0 Å². The molecule has 47 valence electrons. The Bertz CT molecular complexity index is 168. The Morgan fingerprint density at radius 1 is 1.89 bits per heavy atom. The number of nitrogens with one attached hydrogen (secondary N) is 1. The SMILES string of the molecule is [B]=CC1=C(C)NC(I)S1. The van der Waals surface area contributed by atoms with Crippen molar-refractivity contribution in [2.24, 2.45) is 0 Å². The molecule has 9 heavy (non-hydrogen) atoms. The van der Waals surface area contributed by atoms with E-state index < -0.39 is 0 Å². The van der Waals surface area contributed by atoms with Crippen molar-refractivity contribution in [3.05, 3.63) is 10.6 Å². The van der Waals surface area contributed by atoms with Crippen LogP contribution in [0.4, 0.5) is 0 Å². The first kappa shape index (κ1) is 7.66. The van der Waals surface area contributed by atoms with Crippen LogP contribution in [0.1, 0.15) is 6.92 Å². The maximum absolute atomic E-state index is 5.34. The summed E-state index contributed by atoms with van der Waals surface area (Å²) in [6, 6.07) is 0. The van der Waals surface area contributed by atoms with Crippen LogP contribution < -0.4 is 5.32 Å². The number of allylic oxidation sites excluding steroid dienone is 2. The van der Waals surface area contributed by atoms with Crippen LogP contribution in [0.3, 0.4) is 0 Å². The number of thioether (sulfide) groups is 1. The van der Waals surface area contributed by atoms with Crippen LogP contribution in [0, 0.1) is 0 Å². The number of hydrogen-bond acceptors (Lipinski definition) is 2. The van der Waals surface area contributed by atoms with E-state index >= 15 is 0 Å². The molecular weight excluding hydrogens is 244 g/mol. The molecule has 0 aromatic heterocycles. The summed E-state index contributed by atoms with van der Waals surface area (Å²) in [5.74, 6) is 1.64. The van der Waals surface area contributed by atoms with Gasteiger partial charge in [0.1, 0.15) is 0 Å². The number of hydrogen-bond donors (Lipinski definition) is 1. The predicted octanol–water partition coefficient (Wildman–Crippen LogP) is 1.24. The Morgan fingerprint density at radius 3 is 2.78 bits per heavy atom. The Morgan fingerprint density at radius 2 is 2.56 bits per heavy atom. The summed E-state index contributed by atoms with van der Waals surface area (Å²) in [5.41, 5.74) is 1.18. The van der Waals surface area contributed by atoms with Crippen molar-refractivity contribution in [1.82, 2.24) is 5.32 Å². The van der Waals surface area contributed by atoms with Crippen LogP contribution in [0.15, 0.2) is 10.6 Å². The van der Waals surface area contributed by atoms with Gasteiger partial charge in [-0.1, -0.05) is 0 Å². The average Bonchev–Trinajstić information content (AvgIpc) is 2.10. The van der Waals surface area contributed by atoms with E-state index in [-0.39, 0.29) is 0 Å². The summed E-state index contributed by atoms with van der Waals surface area (Å²) >= 11 is 4.07. The molecule has 0 fully saturated rings. The van der Waals surface area contributed by atoms with E-state index in [0.29, 0.717) is 3.38 Å². The van der Waals surface area contributed by atoms with Gasteiger partial charge in [-0.25, -0.2) is 0 Å². The molecule has 0 spiro atoms. The molecule has 0 saturated carbocycles. The number of rotatable bonds is 1. The van der Waals surface area contributed by atoms with Gasteiger partial charge in [0.15, 0.2) is 0 Å². The molecule has 0 aromatic rings. The van der Waals surface area contributed by atoms with E-state index in [1.807, 2.05) is 6.92 Å². The topological polar surface area (TPSA) is 12.0 Å². The molecule has 1 unspecified atom stereocenters. The first-order valence-corrected chi connectivity index (χ1v) is 4.69. The Hall–Kier alpha value is 0.555. The Kier molecular flexibility index (Phi) is 2.64. The summed E-state index contributed by atoms with van der Waals surface area (Å²) < 4.78 is 0.456. The van der Waals surface area contributed by atoms with Crippen LogP contribution in [0.2, 0.25) is 0 Å². The first-order chi connectivity index (χ1) is 4.24. The van der Waals surface area contributed by atoms with Gasteiger partial charge in [-0.15, -0.1) is 0 Å². The van der Waals surface area contributed by atoms with Crippen LogP contribution in [0.25, 0.3) is 0 Å². The van der Waals surface area contributed by atoms with Crippen molar-refractivity contribution >= 4 is 47.8 Å². The van der Waals surface area contributed by atoms with E-state index in [1.165, 1.54) is 5.70 Å². The molecule has 1 rings (SSSR count). The maximum atomic E-state index is 5.34. The zero-order chi connectivity index (χ0) is 6.85. The van der Waals surface area contributed by atoms with E-state index in [9.17, 15) is 0 Å². The van der Waals surface area contributed by atoms with Gasteiger partial charge < -0.3 is 0 Å². The molecule has 0 aliphatic carbocycles. The zero-order valence-electron chi connectivity index (χ0n) is 5.02. The molecule has 1 atom stereocenters. The zero-order valence-corrected chi connectivity index (χ0v) is 7.99. The molecular formula is C5H6BINS. The molecule has 0 aromatic carbocycles. The van der Waals surface area contributed by atoms with Gasteiger partial charge in [0.2, 0.25) is 0 Å². The number of alkyl halides is 1. The molecule has 1 aliphatic heterocycles. The second-order valence-electron chi connectivity index (χ2n) is 1.73. The third kappa shape index (κ3) is 1.74. The monoisotopic (exact) mass is 250 g/mol. The average molecular weight is 250 g/mol. The second-order valence-corrected chi connectivity index (χ2v) is 4.97. The van der Waals surface area contributed by atoms with Gasteiger partial charge in [0.25, 0.3) is 0 Å². The number of halogens is 1. The molecule has 1 radical (unpaired) electrons. The summed E-state index contributed by atoms with van der Waals surface area (Å²) in [5, 5.41) is 3.24. The molecule has 1 N–H and O–H groups in total. The summed E-state index contributed by atoms with van der Waals surface area (Å²) in [4.78, 5) is 1.16. The van der Waals surface area contributed by atoms with Gasteiger partial charge in [0, 0.05) is 0 Å². The van der Waals surface area contributed by atoms with Crippen molar-refractivity contribution in [2.75, 3.05) is 0 Å². The van der Waals surface area contributed by atoms with Gasteiger partial charge in [-0.05, 0) is 0 Å². The van der Waals surface area contributed by atoms with Crippen molar-refractivity contribution in [1.29, 1.82) is 0 Å². The predicted molar refractivity (Wildman–Crippen MR) is 53.1 cm³/mol. The van der Waals surface area contributed by atoms with Crippen LogP contribution in [-0.2, 0) is 0 Å². The fourth-order valence-corrected chi connectivity index (χ4v) is 2.70. The quantitative estimate of drug-likeness (QED) is 0.325. The van der Waals surface area contributed by atoms with Gasteiger partial charge >= 0.3 is 74.0 Å². The third-order valence-corrected chi connectivity index (χ3v) is 3.18. The van der Waals surface area contributed by atoms with E-state index in [4.69, 9.17) is 7.49 Å². The molecule has 0 amide bonds.